The van der Waals surface area contributed by atoms with Gasteiger partial charge in [0, 0.05) is 12.1 Å². The number of likely N-dealkylation sites (tertiary alicyclic amines) is 1. The van der Waals surface area contributed by atoms with Gasteiger partial charge >= 0.3 is 6.18 Å². The normalized spacial score (nSPS) is 20.4. The first-order chi connectivity index (χ1) is 17.3. The Labute approximate surface area is 207 Å². The smallest absolute Gasteiger partial charge is 0.419 e. The summed E-state index contributed by atoms with van der Waals surface area (Å²) in [6, 6.07) is 3.35. The Morgan fingerprint density at radius 1 is 1.25 bits per heavy atom. The Balaban J connectivity index is 1.47. The van der Waals surface area contributed by atoms with Crippen LogP contribution < -0.4 is 15.8 Å². The summed E-state index contributed by atoms with van der Waals surface area (Å²) in [5.74, 6) is -0.120. The number of aliphatic hydroxyl groups excluding tert-OH is 1. The van der Waals surface area contributed by atoms with Crippen LogP contribution in [0.4, 0.5) is 13.2 Å². The Morgan fingerprint density at radius 3 is 2.75 bits per heavy atom. The number of nitrogens with two attached hydrogens (primary N) is 1. The molecule has 12 heteroatoms. The molecule has 2 fully saturated rings. The summed E-state index contributed by atoms with van der Waals surface area (Å²) in [6.45, 7) is 0.0865. The summed E-state index contributed by atoms with van der Waals surface area (Å²) in [5, 5.41) is 15.3. The number of hydrogen-bond donors (Lipinski definition) is 3. The van der Waals surface area contributed by atoms with Crippen molar-refractivity contribution in [3.05, 3.63) is 29.7 Å². The Bertz CT molecular complexity index is 1030. The second-order valence-electron chi connectivity index (χ2n) is 9.37. The minimum absolute atomic E-state index is 0.0177. The number of carbonyl (C=O) groups is 1. The van der Waals surface area contributed by atoms with Crippen molar-refractivity contribution in [2.24, 2.45) is 11.7 Å². The number of halogens is 3. The fourth-order valence-electron chi connectivity index (χ4n) is 5.00. The SMILES string of the molecule is NC(NC(=O)CO)N1CCCC1c1nc(-c2ccc(OCCC3CCCCC3)c(C(F)(F)F)c2)no1. The molecule has 9 nitrogen and oxygen atoms in total. The average molecular weight is 512 g/mol. The van der Waals surface area contributed by atoms with Crippen LogP contribution in [0.3, 0.4) is 0 Å². The van der Waals surface area contributed by atoms with Crippen molar-refractivity contribution in [1.29, 1.82) is 0 Å². The molecule has 0 spiro atoms. The number of ether oxygens (including phenoxy) is 1. The van der Waals surface area contributed by atoms with Crippen molar-refractivity contribution in [2.45, 2.75) is 69.9 Å². The molecule has 1 aliphatic carbocycles. The zero-order valence-corrected chi connectivity index (χ0v) is 20.0. The molecule has 1 aromatic heterocycles. The fourth-order valence-corrected chi connectivity index (χ4v) is 5.00. The van der Waals surface area contributed by atoms with E-state index in [4.69, 9.17) is 20.1 Å². The van der Waals surface area contributed by atoms with Gasteiger partial charge < -0.3 is 19.7 Å². The molecule has 1 aliphatic heterocycles. The quantitative estimate of drug-likeness (QED) is 0.436. The van der Waals surface area contributed by atoms with Crippen LogP contribution in [0.25, 0.3) is 11.4 Å². The number of benzene rings is 1. The Morgan fingerprint density at radius 2 is 2.03 bits per heavy atom. The third-order valence-corrected chi connectivity index (χ3v) is 6.88. The van der Waals surface area contributed by atoms with Gasteiger partial charge in [-0.2, -0.15) is 18.2 Å². The predicted octanol–water partition coefficient (Wildman–Crippen LogP) is 3.59. The van der Waals surface area contributed by atoms with Crippen LogP contribution in [0.5, 0.6) is 5.75 Å². The first-order valence-corrected chi connectivity index (χ1v) is 12.4. The molecular weight excluding hydrogens is 479 g/mol. The molecular formula is C24H32F3N5O4. The first-order valence-electron chi connectivity index (χ1n) is 12.4. The summed E-state index contributed by atoms with van der Waals surface area (Å²) >= 11 is 0. The lowest BCUT2D eigenvalue weighted by atomic mass is 9.87. The van der Waals surface area contributed by atoms with Crippen molar-refractivity contribution < 1.29 is 32.3 Å². The second-order valence-corrected chi connectivity index (χ2v) is 9.37. The summed E-state index contributed by atoms with van der Waals surface area (Å²) in [5.41, 5.74) is 5.30. The van der Waals surface area contributed by atoms with E-state index in [1.54, 1.807) is 4.90 Å². The number of aliphatic hydroxyl groups is 1. The van der Waals surface area contributed by atoms with E-state index in [1.807, 2.05) is 0 Å². The minimum atomic E-state index is -4.61. The molecule has 1 aromatic carbocycles. The number of nitrogens with one attached hydrogen (secondary N) is 1. The highest BCUT2D eigenvalue weighted by atomic mass is 19.4. The topological polar surface area (TPSA) is 127 Å². The third kappa shape index (κ3) is 6.34. The summed E-state index contributed by atoms with van der Waals surface area (Å²) < 4.78 is 52.4. The van der Waals surface area contributed by atoms with Crippen molar-refractivity contribution in [3.63, 3.8) is 0 Å². The second kappa shape index (κ2) is 11.6. The maximum Gasteiger partial charge on any atom is 0.419 e. The van der Waals surface area contributed by atoms with E-state index in [-0.39, 0.29) is 29.6 Å². The maximum absolute atomic E-state index is 13.8. The van der Waals surface area contributed by atoms with E-state index in [0.29, 0.717) is 18.9 Å². The van der Waals surface area contributed by atoms with Gasteiger partial charge in [-0.15, -0.1) is 0 Å². The molecule has 1 saturated heterocycles. The van der Waals surface area contributed by atoms with Gasteiger partial charge in [0.05, 0.1) is 18.2 Å². The lowest BCUT2D eigenvalue weighted by Crippen LogP contribution is -2.54. The molecule has 1 saturated carbocycles. The minimum Gasteiger partial charge on any atom is -0.493 e. The molecule has 2 aliphatic rings. The number of rotatable bonds is 9. The van der Waals surface area contributed by atoms with E-state index >= 15 is 0 Å². The van der Waals surface area contributed by atoms with Gasteiger partial charge in [-0.05, 0) is 43.4 Å². The number of alkyl halides is 3. The molecule has 4 rings (SSSR count). The third-order valence-electron chi connectivity index (χ3n) is 6.88. The van der Waals surface area contributed by atoms with Gasteiger partial charge in [-0.1, -0.05) is 37.3 Å². The maximum atomic E-state index is 13.8. The van der Waals surface area contributed by atoms with Crippen LogP contribution in [-0.4, -0.2) is 52.1 Å². The molecule has 1 amide bonds. The van der Waals surface area contributed by atoms with Gasteiger partial charge in [-0.25, -0.2) is 0 Å². The fraction of sp³-hybridized carbons (Fsp3) is 0.625. The van der Waals surface area contributed by atoms with Gasteiger partial charge in [0.1, 0.15) is 18.6 Å². The van der Waals surface area contributed by atoms with E-state index in [2.05, 4.69) is 15.5 Å². The lowest BCUT2D eigenvalue weighted by molar-refractivity contribution is -0.139. The molecule has 36 heavy (non-hydrogen) atoms. The van der Waals surface area contributed by atoms with Gasteiger partial charge in [0.2, 0.25) is 17.6 Å². The highest BCUT2D eigenvalue weighted by Gasteiger charge is 2.37. The first kappa shape index (κ1) is 26.4. The van der Waals surface area contributed by atoms with Crippen molar-refractivity contribution >= 4 is 5.91 Å². The summed E-state index contributed by atoms with van der Waals surface area (Å²) in [7, 11) is 0. The Kier molecular flexibility index (Phi) is 8.47. The molecule has 2 atom stereocenters. The molecule has 198 valence electrons. The predicted molar refractivity (Wildman–Crippen MR) is 123 cm³/mol. The van der Waals surface area contributed by atoms with E-state index < -0.39 is 36.6 Å². The number of amides is 1. The standard InChI is InChI=1S/C24H32F3N5O4/c25-24(26,27)17-13-16(8-9-19(17)35-12-10-15-5-2-1-3-6-15)21-30-22(36-31-21)18-7-4-11-32(18)23(28)29-20(34)14-33/h8-9,13,15,18,23,33H,1-7,10-12,14,28H2,(H,29,34). The van der Waals surface area contributed by atoms with Crippen molar-refractivity contribution in [1.82, 2.24) is 20.4 Å². The number of aromatic nitrogens is 2. The lowest BCUT2D eigenvalue weighted by Gasteiger charge is -2.28. The average Bonchev–Trinajstić information content (AvgIpc) is 3.54. The zero-order valence-electron chi connectivity index (χ0n) is 20.0. The van der Waals surface area contributed by atoms with Gasteiger partial charge in [-0.3, -0.25) is 15.4 Å². The van der Waals surface area contributed by atoms with Crippen LogP contribution in [0.15, 0.2) is 22.7 Å². The van der Waals surface area contributed by atoms with E-state index in [9.17, 15) is 18.0 Å². The van der Waals surface area contributed by atoms with Crippen LogP contribution in [0.1, 0.15) is 68.9 Å². The van der Waals surface area contributed by atoms with Crippen LogP contribution in [0.2, 0.25) is 0 Å². The largest absolute Gasteiger partial charge is 0.493 e. The van der Waals surface area contributed by atoms with E-state index in [0.717, 1.165) is 31.7 Å². The highest BCUT2D eigenvalue weighted by Crippen LogP contribution is 2.39. The Hall–Kier alpha value is -2.70. The number of carbonyl (C=O) groups excluding carboxylic acids is 1. The summed E-state index contributed by atoms with van der Waals surface area (Å²) in [4.78, 5) is 17.5. The van der Waals surface area contributed by atoms with Crippen LogP contribution >= 0.6 is 0 Å². The number of nitrogens with zero attached hydrogens (tertiary/aromatic N) is 3. The number of hydrogen-bond acceptors (Lipinski definition) is 8. The molecule has 2 heterocycles. The van der Waals surface area contributed by atoms with Gasteiger partial charge in [0.15, 0.2) is 0 Å². The highest BCUT2D eigenvalue weighted by molar-refractivity contribution is 5.77. The molecule has 0 radical (unpaired) electrons. The molecule has 2 aromatic rings. The van der Waals surface area contributed by atoms with Gasteiger partial charge in [0.25, 0.3) is 0 Å². The van der Waals surface area contributed by atoms with E-state index in [1.165, 1.54) is 31.4 Å². The van der Waals surface area contributed by atoms with Crippen LogP contribution in [0, 0.1) is 5.92 Å². The molecule has 4 N–H and O–H groups in total. The zero-order chi connectivity index (χ0) is 25.7. The summed E-state index contributed by atoms with van der Waals surface area (Å²) in [6.07, 6.45) is 2.38. The van der Waals surface area contributed by atoms with Crippen molar-refractivity contribution in [3.8, 4) is 17.1 Å². The molecule has 0 bridgehead atoms. The van der Waals surface area contributed by atoms with Crippen LogP contribution in [-0.2, 0) is 11.0 Å². The van der Waals surface area contributed by atoms with Crippen molar-refractivity contribution in [2.75, 3.05) is 19.8 Å². The monoisotopic (exact) mass is 511 g/mol. The molecule has 2 unspecified atom stereocenters.